The molecule has 1 aromatic carbocycles. The van der Waals surface area contributed by atoms with E-state index in [0.29, 0.717) is 5.76 Å². The number of carboxylic acids is 1. The van der Waals surface area contributed by atoms with Gasteiger partial charge in [-0.15, -0.1) is 0 Å². The second kappa shape index (κ2) is 7.46. The number of nitrogens with one attached hydrogen (secondary N) is 1. The van der Waals surface area contributed by atoms with Crippen LogP contribution >= 0.6 is 0 Å². The Labute approximate surface area is 132 Å². The standard InChI is InChI=1S/C16H18N2O5/c1-10-4-5-14(19)12(7-10)18-15(20)8-13(16(21)22)17-9-11-3-2-6-23-11/h2-7,13,17,19H,8-9H2,1H3,(H,18,20)(H,21,22)/t13-/m0/s1. The van der Waals surface area contributed by atoms with Gasteiger partial charge in [-0.1, -0.05) is 6.07 Å². The summed E-state index contributed by atoms with van der Waals surface area (Å²) in [6.07, 6.45) is 1.21. The lowest BCUT2D eigenvalue weighted by Gasteiger charge is -2.16. The SMILES string of the molecule is Cc1ccc(O)c(NC(=O)C[C@H]([NH2+]Cc2ccco2)C(=O)[O-])c1. The molecule has 0 aliphatic heterocycles. The van der Waals surface area contributed by atoms with Crippen molar-refractivity contribution in [1.29, 1.82) is 0 Å². The first-order valence-electron chi connectivity index (χ1n) is 7.11. The summed E-state index contributed by atoms with van der Waals surface area (Å²) in [5.74, 6) is -1.32. The molecule has 0 spiro atoms. The predicted molar refractivity (Wildman–Crippen MR) is 79.2 cm³/mol. The number of phenols is 1. The van der Waals surface area contributed by atoms with Gasteiger partial charge >= 0.3 is 0 Å². The van der Waals surface area contributed by atoms with E-state index in [1.165, 1.54) is 17.6 Å². The Morgan fingerprint density at radius 3 is 2.83 bits per heavy atom. The molecular weight excluding hydrogens is 300 g/mol. The van der Waals surface area contributed by atoms with Gasteiger partial charge in [-0.3, -0.25) is 4.79 Å². The van der Waals surface area contributed by atoms with Crippen LogP contribution < -0.4 is 15.7 Å². The van der Waals surface area contributed by atoms with Gasteiger partial charge in [0.1, 0.15) is 18.3 Å². The molecule has 0 fully saturated rings. The van der Waals surface area contributed by atoms with Crippen LogP contribution in [0.4, 0.5) is 5.69 Å². The van der Waals surface area contributed by atoms with E-state index < -0.39 is 17.9 Å². The molecule has 2 aromatic rings. The molecule has 0 bridgehead atoms. The van der Waals surface area contributed by atoms with Gasteiger partial charge in [-0.25, -0.2) is 0 Å². The molecule has 7 heteroatoms. The molecular formula is C16H18N2O5. The Bertz CT molecular complexity index is 682. The monoisotopic (exact) mass is 318 g/mol. The van der Waals surface area contributed by atoms with Gasteiger partial charge in [0.15, 0.2) is 5.76 Å². The van der Waals surface area contributed by atoms with E-state index in [1.807, 2.05) is 6.92 Å². The molecule has 2 rings (SSSR count). The summed E-state index contributed by atoms with van der Waals surface area (Å²) in [6.45, 7) is 2.10. The van der Waals surface area contributed by atoms with Crippen LogP contribution in [0.2, 0.25) is 0 Å². The first kappa shape index (κ1) is 16.6. The molecule has 0 saturated heterocycles. The fourth-order valence-electron chi connectivity index (χ4n) is 2.10. The second-order valence-corrected chi connectivity index (χ2v) is 5.22. The number of quaternary nitrogens is 1. The maximum absolute atomic E-state index is 12.0. The number of carbonyl (C=O) groups is 2. The van der Waals surface area contributed by atoms with E-state index in [0.717, 1.165) is 5.56 Å². The Morgan fingerprint density at radius 1 is 1.39 bits per heavy atom. The maximum atomic E-state index is 12.0. The van der Waals surface area contributed by atoms with Crippen LogP contribution in [0.15, 0.2) is 41.0 Å². The third-order valence-corrected chi connectivity index (χ3v) is 3.32. The predicted octanol–water partition coefficient (Wildman–Crippen LogP) is -0.496. The summed E-state index contributed by atoms with van der Waals surface area (Å²) in [6, 6.07) is 7.13. The molecule has 1 atom stereocenters. The highest BCUT2D eigenvalue weighted by Crippen LogP contribution is 2.23. The summed E-state index contributed by atoms with van der Waals surface area (Å²) < 4.78 is 5.11. The van der Waals surface area contributed by atoms with E-state index in [2.05, 4.69) is 5.32 Å². The van der Waals surface area contributed by atoms with Crippen LogP contribution in [-0.2, 0) is 16.1 Å². The molecule has 4 N–H and O–H groups in total. The zero-order valence-corrected chi connectivity index (χ0v) is 12.6. The zero-order chi connectivity index (χ0) is 16.8. The number of aromatic hydroxyl groups is 1. The van der Waals surface area contributed by atoms with E-state index in [-0.39, 0.29) is 24.4 Å². The number of furan rings is 1. The number of aliphatic carboxylic acids is 1. The van der Waals surface area contributed by atoms with Gasteiger partial charge < -0.3 is 30.1 Å². The van der Waals surface area contributed by atoms with Crippen molar-refractivity contribution < 1.29 is 29.5 Å². The molecule has 122 valence electrons. The summed E-state index contributed by atoms with van der Waals surface area (Å²) in [7, 11) is 0. The van der Waals surface area contributed by atoms with Crippen molar-refractivity contribution in [2.45, 2.75) is 25.9 Å². The summed E-state index contributed by atoms with van der Waals surface area (Å²) in [4.78, 5) is 23.2. The zero-order valence-electron chi connectivity index (χ0n) is 12.6. The van der Waals surface area contributed by atoms with Crippen molar-refractivity contribution in [3.8, 4) is 5.75 Å². The number of phenolic OH excluding ortho intramolecular Hbond substituents is 1. The highest BCUT2D eigenvalue weighted by atomic mass is 16.4. The summed E-state index contributed by atoms with van der Waals surface area (Å²) in [5.41, 5.74) is 1.11. The van der Waals surface area contributed by atoms with Crippen LogP contribution in [0.25, 0.3) is 0 Å². The molecule has 0 aliphatic carbocycles. The normalized spacial score (nSPS) is 11.9. The average Bonchev–Trinajstić information content (AvgIpc) is 3.00. The van der Waals surface area contributed by atoms with Crippen LogP contribution in [-0.4, -0.2) is 23.0 Å². The molecule has 0 unspecified atom stereocenters. The number of anilines is 1. The van der Waals surface area contributed by atoms with Crippen LogP contribution in [0.5, 0.6) is 5.75 Å². The minimum atomic E-state index is -1.33. The van der Waals surface area contributed by atoms with Crippen molar-refractivity contribution in [3.63, 3.8) is 0 Å². The minimum Gasteiger partial charge on any atom is -0.544 e. The van der Waals surface area contributed by atoms with Gasteiger partial charge in [0, 0.05) is 0 Å². The van der Waals surface area contributed by atoms with Crippen molar-refractivity contribution in [1.82, 2.24) is 0 Å². The number of hydrogen-bond donors (Lipinski definition) is 3. The van der Waals surface area contributed by atoms with Gasteiger partial charge in [0.05, 0.1) is 24.3 Å². The molecule has 0 saturated carbocycles. The number of nitrogens with two attached hydrogens (primary N) is 1. The van der Waals surface area contributed by atoms with Crippen molar-refractivity contribution in [2.75, 3.05) is 5.32 Å². The third-order valence-electron chi connectivity index (χ3n) is 3.32. The Morgan fingerprint density at radius 2 is 2.17 bits per heavy atom. The number of carboxylic acid groups (broad SMARTS) is 1. The molecule has 7 nitrogen and oxygen atoms in total. The maximum Gasteiger partial charge on any atom is 0.230 e. The largest absolute Gasteiger partial charge is 0.544 e. The first-order valence-corrected chi connectivity index (χ1v) is 7.11. The third kappa shape index (κ3) is 4.86. The van der Waals surface area contributed by atoms with Crippen molar-refractivity contribution >= 4 is 17.6 Å². The number of hydrogen-bond acceptors (Lipinski definition) is 5. The number of rotatable bonds is 7. The summed E-state index contributed by atoms with van der Waals surface area (Å²) >= 11 is 0. The van der Waals surface area contributed by atoms with Crippen LogP contribution in [0.1, 0.15) is 17.7 Å². The number of benzene rings is 1. The molecule has 0 aliphatic rings. The lowest BCUT2D eigenvalue weighted by atomic mass is 10.1. The van der Waals surface area contributed by atoms with E-state index >= 15 is 0 Å². The number of carbonyl (C=O) groups excluding carboxylic acids is 2. The Kier molecular flexibility index (Phi) is 5.37. The topological polar surface area (TPSA) is 119 Å². The Balaban J connectivity index is 1.94. The van der Waals surface area contributed by atoms with E-state index in [1.54, 1.807) is 24.3 Å². The number of amides is 1. The van der Waals surface area contributed by atoms with Gasteiger partial charge in [-0.2, -0.15) is 0 Å². The number of aryl methyl sites for hydroxylation is 1. The van der Waals surface area contributed by atoms with Crippen LogP contribution in [0, 0.1) is 6.92 Å². The lowest BCUT2D eigenvalue weighted by molar-refractivity contribution is -0.698. The average molecular weight is 318 g/mol. The molecule has 1 aromatic heterocycles. The molecule has 23 heavy (non-hydrogen) atoms. The van der Waals surface area contributed by atoms with E-state index in [9.17, 15) is 19.8 Å². The second-order valence-electron chi connectivity index (χ2n) is 5.22. The highest BCUT2D eigenvalue weighted by molar-refractivity contribution is 5.94. The van der Waals surface area contributed by atoms with Gasteiger partial charge in [-0.05, 0) is 36.8 Å². The van der Waals surface area contributed by atoms with Gasteiger partial charge in [0.25, 0.3) is 0 Å². The fraction of sp³-hybridized carbons (Fsp3) is 0.250. The van der Waals surface area contributed by atoms with Gasteiger partial charge in [0.2, 0.25) is 5.91 Å². The minimum absolute atomic E-state index is 0.0754. The van der Waals surface area contributed by atoms with Crippen LogP contribution in [0.3, 0.4) is 0 Å². The fourth-order valence-corrected chi connectivity index (χ4v) is 2.10. The molecule has 1 heterocycles. The molecule has 0 radical (unpaired) electrons. The van der Waals surface area contributed by atoms with Crippen molar-refractivity contribution in [2.24, 2.45) is 0 Å². The first-order chi connectivity index (χ1) is 11.0. The molecule has 1 amide bonds. The highest BCUT2D eigenvalue weighted by Gasteiger charge is 2.19. The quantitative estimate of drug-likeness (QED) is 0.595. The van der Waals surface area contributed by atoms with Crippen molar-refractivity contribution in [3.05, 3.63) is 47.9 Å². The smallest absolute Gasteiger partial charge is 0.230 e. The Hall–Kier alpha value is -2.80. The lowest BCUT2D eigenvalue weighted by Crippen LogP contribution is -2.92. The van der Waals surface area contributed by atoms with E-state index in [4.69, 9.17) is 4.42 Å². The summed E-state index contributed by atoms with van der Waals surface area (Å²) in [5, 5.41) is 24.8.